The van der Waals surface area contributed by atoms with Crippen LogP contribution in [0.5, 0.6) is 0 Å². The number of carbonyl (C=O) groups is 1. The third-order valence-corrected chi connectivity index (χ3v) is 3.57. The minimum absolute atomic E-state index is 0.0192. The highest BCUT2D eigenvalue weighted by Gasteiger charge is 2.08. The number of thiophene rings is 1. The third-order valence-electron chi connectivity index (χ3n) is 2.35. The van der Waals surface area contributed by atoms with Gasteiger partial charge >= 0.3 is 0 Å². The van der Waals surface area contributed by atoms with Crippen molar-refractivity contribution in [1.29, 1.82) is 0 Å². The first kappa shape index (κ1) is 11.8. The van der Waals surface area contributed by atoms with Gasteiger partial charge in [-0.2, -0.15) is 5.10 Å². The molecule has 2 rings (SSSR count). The Balaban J connectivity index is 1.81. The van der Waals surface area contributed by atoms with E-state index in [9.17, 15) is 4.79 Å². The zero-order chi connectivity index (χ0) is 12.1. The van der Waals surface area contributed by atoms with Gasteiger partial charge < -0.3 is 5.32 Å². The number of nitrogens with zero attached hydrogens (tertiary/aromatic N) is 2. The standard InChI is InChI=1S/C11H14N4OS/c1-2-8-3-4-9(17-8)11(16)12-6-5-10-13-7-14-15-10/h3-4,7H,2,5-6H2,1H3,(H,12,16)(H,13,14,15). The molecule has 0 aromatic carbocycles. The quantitative estimate of drug-likeness (QED) is 0.842. The summed E-state index contributed by atoms with van der Waals surface area (Å²) in [6.07, 6.45) is 3.09. The van der Waals surface area contributed by atoms with Crippen molar-refractivity contribution < 1.29 is 4.79 Å². The highest BCUT2D eigenvalue weighted by atomic mass is 32.1. The van der Waals surface area contributed by atoms with Crippen LogP contribution in [0, 0.1) is 0 Å². The molecule has 0 unspecified atom stereocenters. The summed E-state index contributed by atoms with van der Waals surface area (Å²) in [4.78, 5) is 17.7. The van der Waals surface area contributed by atoms with E-state index in [0.29, 0.717) is 13.0 Å². The van der Waals surface area contributed by atoms with Crippen molar-refractivity contribution in [3.8, 4) is 0 Å². The fourth-order valence-electron chi connectivity index (χ4n) is 1.42. The lowest BCUT2D eigenvalue weighted by Crippen LogP contribution is -2.25. The maximum absolute atomic E-state index is 11.8. The maximum atomic E-state index is 11.8. The summed E-state index contributed by atoms with van der Waals surface area (Å²) < 4.78 is 0. The summed E-state index contributed by atoms with van der Waals surface area (Å²) >= 11 is 1.54. The first-order valence-electron chi connectivity index (χ1n) is 5.50. The Morgan fingerprint density at radius 2 is 2.41 bits per heavy atom. The molecule has 0 saturated heterocycles. The molecule has 2 aromatic heterocycles. The molecule has 0 fully saturated rings. The van der Waals surface area contributed by atoms with Crippen LogP contribution in [-0.2, 0) is 12.8 Å². The number of hydrogen-bond acceptors (Lipinski definition) is 4. The Kier molecular flexibility index (Phi) is 3.87. The topological polar surface area (TPSA) is 70.7 Å². The van der Waals surface area contributed by atoms with Gasteiger partial charge in [0.2, 0.25) is 0 Å². The summed E-state index contributed by atoms with van der Waals surface area (Å²) in [5, 5.41) is 9.36. The van der Waals surface area contributed by atoms with Gasteiger partial charge in [0.1, 0.15) is 12.2 Å². The van der Waals surface area contributed by atoms with Gasteiger partial charge in [-0.3, -0.25) is 9.89 Å². The molecule has 90 valence electrons. The van der Waals surface area contributed by atoms with Crippen LogP contribution in [0.3, 0.4) is 0 Å². The highest BCUT2D eigenvalue weighted by molar-refractivity contribution is 7.14. The van der Waals surface area contributed by atoms with E-state index in [0.717, 1.165) is 17.1 Å². The fraction of sp³-hybridized carbons (Fsp3) is 0.364. The minimum atomic E-state index is -0.0192. The van der Waals surface area contributed by atoms with Crippen LogP contribution < -0.4 is 5.32 Å². The Labute approximate surface area is 103 Å². The van der Waals surface area contributed by atoms with E-state index in [1.165, 1.54) is 11.2 Å². The van der Waals surface area contributed by atoms with Crippen molar-refractivity contribution in [1.82, 2.24) is 20.5 Å². The first-order chi connectivity index (χ1) is 8.29. The molecule has 0 aliphatic heterocycles. The Bertz CT molecular complexity index is 477. The predicted octanol–water partition coefficient (Wildman–Crippen LogP) is 1.40. The molecule has 0 aliphatic rings. The first-order valence-corrected chi connectivity index (χ1v) is 6.32. The largest absolute Gasteiger partial charge is 0.351 e. The molecule has 0 spiro atoms. The van der Waals surface area contributed by atoms with Crippen LogP contribution in [0.25, 0.3) is 0 Å². The molecular formula is C11H14N4OS. The summed E-state index contributed by atoms with van der Waals surface area (Å²) in [6, 6.07) is 3.86. The van der Waals surface area contributed by atoms with Crippen LogP contribution >= 0.6 is 11.3 Å². The zero-order valence-corrected chi connectivity index (χ0v) is 10.4. The monoisotopic (exact) mass is 250 g/mol. The van der Waals surface area contributed by atoms with Gasteiger partial charge in [-0.25, -0.2) is 4.98 Å². The number of hydrogen-bond donors (Lipinski definition) is 2. The van der Waals surface area contributed by atoms with Crippen molar-refractivity contribution in [3.05, 3.63) is 34.0 Å². The Morgan fingerprint density at radius 3 is 3.06 bits per heavy atom. The second kappa shape index (κ2) is 5.58. The van der Waals surface area contributed by atoms with Crippen LogP contribution in [0.15, 0.2) is 18.5 Å². The van der Waals surface area contributed by atoms with E-state index < -0.39 is 0 Å². The number of nitrogens with one attached hydrogen (secondary N) is 2. The summed E-state index contributed by atoms with van der Waals surface area (Å²) in [5.74, 6) is 0.764. The van der Waals surface area contributed by atoms with Crippen LogP contribution in [0.4, 0.5) is 0 Å². The number of rotatable bonds is 5. The molecule has 0 bridgehead atoms. The second-order valence-electron chi connectivity index (χ2n) is 3.56. The molecule has 2 heterocycles. The molecule has 0 aliphatic carbocycles. The fourth-order valence-corrected chi connectivity index (χ4v) is 2.29. The van der Waals surface area contributed by atoms with Crippen molar-refractivity contribution in [2.24, 2.45) is 0 Å². The van der Waals surface area contributed by atoms with E-state index in [-0.39, 0.29) is 5.91 Å². The predicted molar refractivity (Wildman–Crippen MR) is 66.1 cm³/mol. The van der Waals surface area contributed by atoms with E-state index in [2.05, 4.69) is 27.4 Å². The van der Waals surface area contributed by atoms with E-state index in [4.69, 9.17) is 0 Å². The summed E-state index contributed by atoms with van der Waals surface area (Å²) in [7, 11) is 0. The number of aromatic nitrogens is 3. The lowest BCUT2D eigenvalue weighted by atomic mass is 10.3. The Hall–Kier alpha value is -1.69. The van der Waals surface area contributed by atoms with Crippen LogP contribution in [0.1, 0.15) is 27.3 Å². The second-order valence-corrected chi connectivity index (χ2v) is 4.73. The molecule has 17 heavy (non-hydrogen) atoms. The van der Waals surface area contributed by atoms with Gasteiger partial charge in [-0.05, 0) is 18.6 Å². The molecule has 0 radical (unpaired) electrons. The van der Waals surface area contributed by atoms with Gasteiger partial charge in [0, 0.05) is 17.8 Å². The van der Waals surface area contributed by atoms with Gasteiger partial charge in [0.05, 0.1) is 4.88 Å². The van der Waals surface area contributed by atoms with Crippen molar-refractivity contribution in [2.45, 2.75) is 19.8 Å². The summed E-state index contributed by atoms with van der Waals surface area (Å²) in [5.41, 5.74) is 0. The average Bonchev–Trinajstić information content (AvgIpc) is 2.99. The number of aromatic amines is 1. The van der Waals surface area contributed by atoms with Gasteiger partial charge in [-0.15, -0.1) is 11.3 Å². The molecule has 2 aromatic rings. The van der Waals surface area contributed by atoms with Gasteiger partial charge in [0.15, 0.2) is 0 Å². The minimum Gasteiger partial charge on any atom is -0.351 e. The molecule has 1 amide bonds. The number of H-pyrrole nitrogens is 1. The van der Waals surface area contributed by atoms with Gasteiger partial charge in [-0.1, -0.05) is 6.92 Å². The number of aryl methyl sites for hydroxylation is 1. The number of carbonyl (C=O) groups excluding carboxylic acids is 1. The average molecular weight is 250 g/mol. The summed E-state index contributed by atoms with van der Waals surface area (Å²) in [6.45, 7) is 2.64. The van der Waals surface area contributed by atoms with E-state index in [1.807, 2.05) is 12.1 Å². The molecule has 0 atom stereocenters. The smallest absolute Gasteiger partial charge is 0.261 e. The molecular weight excluding hydrogens is 236 g/mol. The van der Waals surface area contributed by atoms with Crippen molar-refractivity contribution in [2.75, 3.05) is 6.54 Å². The van der Waals surface area contributed by atoms with Crippen LogP contribution in [0.2, 0.25) is 0 Å². The third kappa shape index (κ3) is 3.13. The number of amides is 1. The lowest BCUT2D eigenvalue weighted by molar-refractivity contribution is 0.0958. The van der Waals surface area contributed by atoms with Crippen molar-refractivity contribution >= 4 is 17.2 Å². The van der Waals surface area contributed by atoms with Crippen molar-refractivity contribution in [3.63, 3.8) is 0 Å². The zero-order valence-electron chi connectivity index (χ0n) is 9.56. The molecule has 6 heteroatoms. The van der Waals surface area contributed by atoms with Gasteiger partial charge in [0.25, 0.3) is 5.91 Å². The van der Waals surface area contributed by atoms with E-state index in [1.54, 1.807) is 11.3 Å². The van der Waals surface area contributed by atoms with Crippen LogP contribution in [-0.4, -0.2) is 27.6 Å². The lowest BCUT2D eigenvalue weighted by Gasteiger charge is -2.01. The SMILES string of the molecule is CCc1ccc(C(=O)NCCc2ncn[nH]2)s1. The molecule has 0 saturated carbocycles. The highest BCUT2D eigenvalue weighted by Crippen LogP contribution is 2.16. The molecule has 5 nitrogen and oxygen atoms in total. The van der Waals surface area contributed by atoms with E-state index >= 15 is 0 Å². The normalized spacial score (nSPS) is 10.4. The Morgan fingerprint density at radius 1 is 1.53 bits per heavy atom. The molecule has 2 N–H and O–H groups in total. The maximum Gasteiger partial charge on any atom is 0.261 e.